The Morgan fingerprint density at radius 1 is 1.11 bits per heavy atom. The Morgan fingerprint density at radius 2 is 1.86 bits per heavy atom. The van der Waals surface area contributed by atoms with Gasteiger partial charge in [-0.1, -0.05) is 34.1 Å². The van der Waals surface area contributed by atoms with E-state index in [1.165, 1.54) is 10.2 Å². The summed E-state index contributed by atoms with van der Waals surface area (Å²) in [7, 11) is 1.11. The monoisotopic (exact) mass is 680 g/mol. The van der Waals surface area contributed by atoms with E-state index < -0.39 is 16.1 Å². The molecule has 0 radical (unpaired) electrons. The highest BCUT2D eigenvalue weighted by atomic mass is 79.9. The van der Waals surface area contributed by atoms with Gasteiger partial charge in [-0.15, -0.1) is 0 Å². The Labute approximate surface area is 269 Å². The smallest absolute Gasteiger partial charge is 0.270 e. The van der Waals surface area contributed by atoms with Crippen LogP contribution in [0.15, 0.2) is 59.2 Å². The third-order valence-electron chi connectivity index (χ3n) is 8.13. The van der Waals surface area contributed by atoms with Gasteiger partial charge in [-0.2, -0.15) is 10.2 Å². The van der Waals surface area contributed by atoms with E-state index >= 15 is 0 Å². The number of fused-ring (bicyclic) bond motifs is 1. The van der Waals surface area contributed by atoms with Crippen LogP contribution >= 0.6 is 26.0 Å². The zero-order valence-electron chi connectivity index (χ0n) is 26.2. The predicted octanol–water partition coefficient (Wildman–Crippen LogP) is 5.80. The minimum atomic E-state index is -0.768. The molecule has 2 aromatic heterocycles. The molecule has 234 valence electrons. The molecule has 1 aliphatic carbocycles. The fraction of sp³-hybridized carbons (Fsp3) is 0.394. The standard InChI is InChI=1S/C33H41BrN6O3S/c1-21-30(22(2)40(38-21)20-43-17-18-44(4,5)6)24-8-12-26(13-9-24)36-33(42)31(37-32(41)29-15-16-35-39(29)3)27-14-10-23-7-11-25(34)19-28(23)27/h7-9,11-13,15-16,19,27,31H,10,14,17-18,20H2,1-6H3,(H,36,42)(H,37,41)/t27-,31+/m1/s1. The molecule has 11 heteroatoms. The Kier molecular flexibility index (Phi) is 9.67. The number of nitrogens with one attached hydrogen (secondary N) is 2. The highest BCUT2D eigenvalue weighted by Crippen LogP contribution is 2.38. The number of hydrogen-bond donors (Lipinski definition) is 2. The Hall–Kier alpha value is -3.41. The van der Waals surface area contributed by atoms with Gasteiger partial charge in [0.25, 0.3) is 5.91 Å². The van der Waals surface area contributed by atoms with E-state index in [1.54, 1.807) is 19.3 Å². The second-order valence-electron chi connectivity index (χ2n) is 12.2. The third-order valence-corrected chi connectivity index (χ3v) is 10.0. The predicted molar refractivity (Wildman–Crippen MR) is 182 cm³/mol. The number of amides is 2. The van der Waals surface area contributed by atoms with E-state index in [0.717, 1.165) is 51.1 Å². The maximum atomic E-state index is 13.9. The number of ether oxygens (including phenoxy) is 1. The molecule has 0 aliphatic heterocycles. The molecule has 0 spiro atoms. The SMILES string of the molecule is Cc1nn(COCCS(C)(C)C)c(C)c1-c1ccc(NC(=O)[C@@H](NC(=O)c2ccnn2C)[C@@H]2CCc3ccc(Br)cc32)cc1. The van der Waals surface area contributed by atoms with Gasteiger partial charge in [0, 0.05) is 46.3 Å². The molecule has 9 nitrogen and oxygen atoms in total. The first-order valence-corrected chi connectivity index (χ1v) is 18.5. The number of nitrogens with zero attached hydrogens (tertiary/aromatic N) is 4. The van der Waals surface area contributed by atoms with Crippen molar-refractivity contribution in [1.29, 1.82) is 0 Å². The molecule has 2 amide bonds. The summed E-state index contributed by atoms with van der Waals surface area (Å²) in [5.41, 5.74) is 7.35. The largest absolute Gasteiger partial charge is 0.358 e. The van der Waals surface area contributed by atoms with Crippen molar-refractivity contribution in [2.75, 3.05) is 36.4 Å². The molecule has 0 saturated carbocycles. The first-order valence-electron chi connectivity index (χ1n) is 14.7. The second-order valence-corrected chi connectivity index (χ2v) is 17.7. The zero-order chi connectivity index (χ0) is 31.6. The maximum absolute atomic E-state index is 13.9. The number of rotatable bonds is 11. The van der Waals surface area contributed by atoms with Crippen molar-refractivity contribution in [3.05, 3.63) is 87.4 Å². The van der Waals surface area contributed by atoms with Gasteiger partial charge >= 0.3 is 0 Å². The molecule has 0 bridgehead atoms. The Balaban J connectivity index is 1.32. The van der Waals surface area contributed by atoms with Crippen LogP contribution in [-0.2, 0) is 29.7 Å². The van der Waals surface area contributed by atoms with Crippen LogP contribution in [0.3, 0.4) is 0 Å². The third kappa shape index (κ3) is 7.27. The van der Waals surface area contributed by atoms with Gasteiger partial charge in [0.2, 0.25) is 5.91 Å². The van der Waals surface area contributed by atoms with Gasteiger partial charge in [0.1, 0.15) is 18.5 Å². The normalized spacial score (nSPS) is 15.6. The molecule has 5 rings (SSSR count). The lowest BCUT2D eigenvalue weighted by molar-refractivity contribution is -0.118. The summed E-state index contributed by atoms with van der Waals surface area (Å²) in [6, 6.07) is 14.8. The van der Waals surface area contributed by atoms with Gasteiger partial charge < -0.3 is 15.4 Å². The van der Waals surface area contributed by atoms with Gasteiger partial charge in [-0.3, -0.25) is 14.3 Å². The van der Waals surface area contributed by atoms with Gasteiger partial charge in [-0.05, 0) is 92.5 Å². The van der Waals surface area contributed by atoms with Crippen molar-refractivity contribution < 1.29 is 14.3 Å². The molecule has 44 heavy (non-hydrogen) atoms. The minimum Gasteiger partial charge on any atom is -0.358 e. The van der Waals surface area contributed by atoms with Crippen molar-refractivity contribution in [3.63, 3.8) is 0 Å². The highest BCUT2D eigenvalue weighted by molar-refractivity contribution is 9.10. The molecule has 2 heterocycles. The average molecular weight is 682 g/mol. The first kappa shape index (κ1) is 32.0. The number of aromatic nitrogens is 4. The highest BCUT2D eigenvalue weighted by Gasteiger charge is 2.36. The molecule has 0 saturated heterocycles. The van der Waals surface area contributed by atoms with Crippen LogP contribution in [0.25, 0.3) is 11.1 Å². The van der Waals surface area contributed by atoms with Crippen molar-refractivity contribution in [3.8, 4) is 11.1 Å². The Morgan fingerprint density at radius 3 is 2.55 bits per heavy atom. The van der Waals surface area contributed by atoms with E-state index in [9.17, 15) is 9.59 Å². The van der Waals surface area contributed by atoms with E-state index in [1.807, 2.05) is 41.9 Å². The molecule has 4 aromatic rings. The number of halogens is 1. The summed E-state index contributed by atoms with van der Waals surface area (Å²) in [5, 5.41) is 14.9. The van der Waals surface area contributed by atoms with Crippen molar-refractivity contribution in [1.82, 2.24) is 24.9 Å². The maximum Gasteiger partial charge on any atom is 0.270 e. The van der Waals surface area contributed by atoms with Gasteiger partial charge in [0.05, 0.1) is 12.3 Å². The Bertz CT molecular complexity index is 1660. The number of carbonyl (C=O) groups excluding carboxylic acids is 2. The lowest BCUT2D eigenvalue weighted by Gasteiger charge is -2.25. The quantitative estimate of drug-likeness (QED) is 0.195. The van der Waals surface area contributed by atoms with Crippen LogP contribution in [0, 0.1) is 13.8 Å². The van der Waals surface area contributed by atoms with Crippen LogP contribution in [0.4, 0.5) is 5.69 Å². The molecular formula is C33H41BrN6O3S. The molecule has 0 fully saturated rings. The van der Waals surface area contributed by atoms with Crippen LogP contribution in [0.1, 0.15) is 45.3 Å². The van der Waals surface area contributed by atoms with Crippen LogP contribution in [0.5, 0.6) is 0 Å². The van der Waals surface area contributed by atoms with E-state index in [-0.39, 0.29) is 17.7 Å². The van der Waals surface area contributed by atoms with E-state index in [0.29, 0.717) is 24.7 Å². The molecule has 2 atom stereocenters. The fourth-order valence-electron chi connectivity index (χ4n) is 5.75. The minimum absolute atomic E-state index is 0.165. The lowest BCUT2D eigenvalue weighted by atomic mass is 9.92. The topological polar surface area (TPSA) is 103 Å². The first-order chi connectivity index (χ1) is 20.9. The number of anilines is 1. The summed E-state index contributed by atoms with van der Waals surface area (Å²) in [4.78, 5) is 27.1. The zero-order valence-corrected chi connectivity index (χ0v) is 28.6. The number of aryl methyl sites for hydroxylation is 3. The number of benzene rings is 2. The van der Waals surface area contributed by atoms with Gasteiger partial charge in [-0.25, -0.2) is 14.7 Å². The van der Waals surface area contributed by atoms with Crippen molar-refractivity contribution in [2.24, 2.45) is 7.05 Å². The average Bonchev–Trinajstić information content (AvgIpc) is 3.66. The van der Waals surface area contributed by atoms with Crippen LogP contribution in [0.2, 0.25) is 0 Å². The van der Waals surface area contributed by atoms with Crippen LogP contribution < -0.4 is 10.6 Å². The van der Waals surface area contributed by atoms with Crippen molar-refractivity contribution >= 4 is 43.5 Å². The molecule has 0 unspecified atom stereocenters. The molecule has 2 aromatic carbocycles. The van der Waals surface area contributed by atoms with Gasteiger partial charge in [0.15, 0.2) is 0 Å². The number of carbonyl (C=O) groups is 2. The summed E-state index contributed by atoms with van der Waals surface area (Å²) in [6.07, 6.45) is 10.0. The molecular weight excluding hydrogens is 640 g/mol. The summed E-state index contributed by atoms with van der Waals surface area (Å²) < 4.78 is 10.3. The lowest BCUT2D eigenvalue weighted by Crippen LogP contribution is -2.47. The van der Waals surface area contributed by atoms with E-state index in [2.05, 4.69) is 69.5 Å². The summed E-state index contributed by atoms with van der Waals surface area (Å²) >= 11 is 3.57. The van der Waals surface area contributed by atoms with Crippen molar-refractivity contribution in [2.45, 2.75) is 45.4 Å². The van der Waals surface area contributed by atoms with Crippen LogP contribution in [-0.4, -0.2) is 68.5 Å². The number of hydrogen-bond acceptors (Lipinski definition) is 5. The molecule has 2 N–H and O–H groups in total. The fourth-order valence-corrected chi connectivity index (χ4v) is 6.75. The second kappa shape index (κ2) is 13.3. The molecule has 1 aliphatic rings. The summed E-state index contributed by atoms with van der Waals surface area (Å²) in [6.45, 7) is 5.19. The van der Waals surface area contributed by atoms with E-state index in [4.69, 9.17) is 9.84 Å². The summed E-state index contributed by atoms with van der Waals surface area (Å²) in [5.74, 6) is 0.295.